The molecule has 4 rings (SSSR count). The minimum Gasteiger partial charge on any atom is -0.508 e. The van der Waals surface area contributed by atoms with E-state index in [0.717, 1.165) is 44.2 Å². The Labute approximate surface area is 203 Å². The first-order valence-electron chi connectivity index (χ1n) is 12.6. The van der Waals surface area contributed by atoms with Crippen molar-refractivity contribution in [3.05, 3.63) is 65.7 Å². The zero-order valence-corrected chi connectivity index (χ0v) is 20.5. The number of amides is 1. The highest BCUT2D eigenvalue weighted by molar-refractivity contribution is 5.87. The molecule has 1 heterocycles. The quantitative estimate of drug-likeness (QED) is 0.431. The van der Waals surface area contributed by atoms with E-state index in [1.165, 1.54) is 0 Å². The molecule has 34 heavy (non-hydrogen) atoms. The van der Waals surface area contributed by atoms with Crippen molar-refractivity contribution < 1.29 is 24.6 Å². The molecule has 6 nitrogen and oxygen atoms in total. The number of hydrogen-bond donors (Lipinski definition) is 3. The molecule has 1 aliphatic carbocycles. The third kappa shape index (κ3) is 4.72. The van der Waals surface area contributed by atoms with Crippen LogP contribution in [0.1, 0.15) is 49.7 Å². The summed E-state index contributed by atoms with van der Waals surface area (Å²) in [6, 6.07) is 16.6. The minimum absolute atomic E-state index is 0.0688. The number of aliphatic hydroxyl groups is 2. The third-order valence-electron chi connectivity index (χ3n) is 8.36. The molecule has 6 heteroatoms. The number of rotatable bonds is 7. The van der Waals surface area contributed by atoms with Crippen molar-refractivity contribution in [2.75, 3.05) is 33.7 Å². The second-order valence-corrected chi connectivity index (χ2v) is 10.7. The lowest BCUT2D eigenvalue weighted by atomic mass is 9.78. The Hall–Kier alpha value is -2.41. The van der Waals surface area contributed by atoms with Crippen LogP contribution < -0.4 is 0 Å². The lowest BCUT2D eigenvalue weighted by molar-refractivity contribution is -0.968. The maximum atomic E-state index is 13.8. The van der Waals surface area contributed by atoms with Crippen molar-refractivity contribution in [3.8, 4) is 5.75 Å². The molecule has 2 fully saturated rings. The normalized spacial score (nSPS) is 20.8. The summed E-state index contributed by atoms with van der Waals surface area (Å²) >= 11 is 0. The van der Waals surface area contributed by atoms with Gasteiger partial charge in [0, 0.05) is 38.3 Å². The number of likely N-dealkylation sites (tertiary alicyclic amines) is 1. The highest BCUT2D eigenvalue weighted by atomic mass is 16.3. The van der Waals surface area contributed by atoms with E-state index in [2.05, 4.69) is 0 Å². The van der Waals surface area contributed by atoms with E-state index in [4.69, 9.17) is 0 Å². The van der Waals surface area contributed by atoms with Crippen LogP contribution in [0.5, 0.6) is 5.75 Å². The first-order valence-corrected chi connectivity index (χ1v) is 12.6. The highest BCUT2D eigenvalue weighted by Gasteiger charge is 2.52. The smallest absolute Gasteiger partial charge is 0.259 e. The molecule has 0 spiro atoms. The second kappa shape index (κ2) is 9.68. The Balaban J connectivity index is 1.44. The Bertz CT molecular complexity index is 962. The van der Waals surface area contributed by atoms with Gasteiger partial charge in [0.2, 0.25) is 5.72 Å². The maximum Gasteiger partial charge on any atom is 0.259 e. The summed E-state index contributed by atoms with van der Waals surface area (Å²) in [5, 5.41) is 32.9. The van der Waals surface area contributed by atoms with Gasteiger partial charge in [-0.3, -0.25) is 4.79 Å². The molecule has 0 aromatic heterocycles. The number of phenolic OH excluding ortho intramolecular Hbond substituents is 1. The van der Waals surface area contributed by atoms with Crippen LogP contribution in [0.25, 0.3) is 0 Å². The summed E-state index contributed by atoms with van der Waals surface area (Å²) < 4.78 is 0.432. The van der Waals surface area contributed by atoms with Crippen LogP contribution in [0.2, 0.25) is 0 Å². The van der Waals surface area contributed by atoms with Crippen molar-refractivity contribution in [2.45, 2.75) is 56.3 Å². The number of carbonyl (C=O) groups is 1. The summed E-state index contributed by atoms with van der Waals surface area (Å²) in [7, 11) is 4.08. The van der Waals surface area contributed by atoms with Gasteiger partial charge in [-0.2, -0.15) is 0 Å². The van der Waals surface area contributed by atoms with Gasteiger partial charge < -0.3 is 24.7 Å². The van der Waals surface area contributed by atoms with E-state index in [1.807, 2.05) is 56.6 Å². The third-order valence-corrected chi connectivity index (χ3v) is 8.36. The molecule has 1 atom stereocenters. The summed E-state index contributed by atoms with van der Waals surface area (Å²) in [5.41, 5.74) is -0.648. The number of piperidine rings is 1. The monoisotopic (exact) mass is 467 g/mol. The number of aromatic hydroxyl groups is 1. The molecule has 1 amide bonds. The Morgan fingerprint density at radius 2 is 1.62 bits per heavy atom. The molecule has 184 valence electrons. The SMILES string of the molecule is C[N+](C)(CCc1ccc(O)cc1)C1(O)CCN(C(=O)C(O)(c2ccccc2)C2CCCC2)CC1. The van der Waals surface area contributed by atoms with Crippen LogP contribution >= 0.6 is 0 Å². The molecule has 1 saturated carbocycles. The number of hydrogen-bond acceptors (Lipinski definition) is 4. The van der Waals surface area contributed by atoms with Gasteiger partial charge >= 0.3 is 0 Å². The molecule has 3 N–H and O–H groups in total. The zero-order chi connectivity index (χ0) is 24.4. The lowest BCUT2D eigenvalue weighted by Crippen LogP contribution is -2.65. The summed E-state index contributed by atoms with van der Waals surface area (Å²) in [5.74, 6) is -0.0379. The van der Waals surface area contributed by atoms with Crippen LogP contribution in [0.4, 0.5) is 0 Å². The predicted octanol–water partition coefficient (Wildman–Crippen LogP) is 3.40. The molecular formula is C28H39N2O4+. The molecule has 1 saturated heterocycles. The van der Waals surface area contributed by atoms with E-state index in [-0.39, 0.29) is 17.6 Å². The van der Waals surface area contributed by atoms with Gasteiger partial charge in [0.05, 0.1) is 20.6 Å². The zero-order valence-electron chi connectivity index (χ0n) is 20.5. The van der Waals surface area contributed by atoms with Crippen LogP contribution in [-0.4, -0.2) is 70.1 Å². The van der Waals surface area contributed by atoms with Crippen molar-refractivity contribution in [2.24, 2.45) is 5.92 Å². The van der Waals surface area contributed by atoms with E-state index in [1.54, 1.807) is 17.0 Å². The Kier molecular flexibility index (Phi) is 7.04. The number of benzene rings is 2. The largest absolute Gasteiger partial charge is 0.508 e. The molecule has 2 aromatic carbocycles. The van der Waals surface area contributed by atoms with E-state index in [9.17, 15) is 20.1 Å². The number of carbonyl (C=O) groups excluding carboxylic acids is 1. The molecule has 2 aromatic rings. The summed E-state index contributed by atoms with van der Waals surface area (Å²) in [6.07, 6.45) is 5.52. The molecule has 2 aliphatic rings. The number of quaternary nitrogens is 1. The highest BCUT2D eigenvalue weighted by Crippen LogP contribution is 2.43. The average Bonchev–Trinajstić information content (AvgIpc) is 3.39. The summed E-state index contributed by atoms with van der Waals surface area (Å²) in [4.78, 5) is 15.5. The van der Waals surface area contributed by atoms with Gasteiger partial charge in [0.25, 0.3) is 5.91 Å². The molecule has 0 radical (unpaired) electrons. The van der Waals surface area contributed by atoms with Crippen LogP contribution in [0.15, 0.2) is 54.6 Å². The van der Waals surface area contributed by atoms with E-state index < -0.39 is 11.3 Å². The van der Waals surface area contributed by atoms with E-state index >= 15 is 0 Å². The fraction of sp³-hybridized carbons (Fsp3) is 0.536. The van der Waals surface area contributed by atoms with Crippen molar-refractivity contribution in [1.29, 1.82) is 0 Å². The number of likely N-dealkylation sites (N-methyl/N-ethyl adjacent to an activating group) is 1. The Morgan fingerprint density at radius 1 is 1.03 bits per heavy atom. The van der Waals surface area contributed by atoms with Crippen molar-refractivity contribution >= 4 is 5.91 Å². The average molecular weight is 468 g/mol. The summed E-state index contributed by atoms with van der Waals surface area (Å²) in [6.45, 7) is 1.60. The first kappa shape index (κ1) is 24.7. The molecule has 1 aliphatic heterocycles. The Morgan fingerprint density at radius 3 is 2.21 bits per heavy atom. The number of phenols is 1. The molecular weight excluding hydrogens is 428 g/mol. The van der Waals surface area contributed by atoms with Gasteiger partial charge in [0.15, 0.2) is 5.60 Å². The standard InChI is InChI=1S/C28H38N2O4/c1-30(2,21-16-22-12-14-25(31)15-13-22)27(33)17-19-29(20-18-27)26(32)28(34,24-10-6-7-11-24)23-8-4-3-5-9-23/h3-5,8-9,12-15,24,33-34H,6-7,10-11,16-21H2,1-2H3/p+1. The van der Waals surface area contributed by atoms with Crippen LogP contribution in [0, 0.1) is 5.92 Å². The van der Waals surface area contributed by atoms with Gasteiger partial charge in [-0.05, 0) is 36.1 Å². The topological polar surface area (TPSA) is 81.0 Å². The van der Waals surface area contributed by atoms with Gasteiger partial charge in [-0.1, -0.05) is 55.3 Å². The van der Waals surface area contributed by atoms with Gasteiger partial charge in [-0.25, -0.2) is 0 Å². The van der Waals surface area contributed by atoms with Crippen LogP contribution in [0.3, 0.4) is 0 Å². The van der Waals surface area contributed by atoms with Crippen LogP contribution in [-0.2, 0) is 16.8 Å². The molecule has 1 unspecified atom stereocenters. The number of nitrogens with zero attached hydrogens (tertiary/aromatic N) is 2. The first-order chi connectivity index (χ1) is 16.2. The second-order valence-electron chi connectivity index (χ2n) is 10.7. The van der Waals surface area contributed by atoms with E-state index in [0.29, 0.717) is 36.0 Å². The minimum atomic E-state index is -1.50. The van der Waals surface area contributed by atoms with Crippen molar-refractivity contribution in [3.63, 3.8) is 0 Å². The lowest BCUT2D eigenvalue weighted by Gasteiger charge is -2.50. The van der Waals surface area contributed by atoms with Crippen molar-refractivity contribution in [1.82, 2.24) is 4.90 Å². The maximum absolute atomic E-state index is 13.8. The predicted molar refractivity (Wildman–Crippen MR) is 132 cm³/mol. The van der Waals surface area contributed by atoms with Gasteiger partial charge in [0.1, 0.15) is 5.75 Å². The fourth-order valence-corrected chi connectivity index (χ4v) is 5.76. The fourth-order valence-electron chi connectivity index (χ4n) is 5.76. The molecule has 0 bridgehead atoms. The van der Waals surface area contributed by atoms with Gasteiger partial charge in [-0.15, -0.1) is 0 Å².